The molecule has 180 valence electrons. The summed E-state index contributed by atoms with van der Waals surface area (Å²) in [6.07, 6.45) is 6.07. The van der Waals surface area contributed by atoms with Gasteiger partial charge >= 0.3 is 0 Å². The number of benzene rings is 1. The molecule has 3 fully saturated rings. The van der Waals surface area contributed by atoms with Crippen LogP contribution in [0.3, 0.4) is 0 Å². The molecule has 2 atom stereocenters. The molecule has 2 amide bonds. The maximum Gasteiger partial charge on any atom is 0.243 e. The highest BCUT2D eigenvalue weighted by Crippen LogP contribution is 2.40. The Morgan fingerprint density at radius 2 is 1.64 bits per heavy atom. The normalized spacial score (nSPS) is 27.0. The Hall–Kier alpha value is -1.93. The largest absolute Gasteiger partial charge is 0.342 e. The van der Waals surface area contributed by atoms with E-state index >= 15 is 0 Å². The Kier molecular flexibility index (Phi) is 6.02. The van der Waals surface area contributed by atoms with Gasteiger partial charge in [0.15, 0.2) is 0 Å². The standard InChI is InChI=1S/C25H35N3O4S/c1-17-9-12-26(13-10-17)24(29)20-4-3-11-27(16-20)33(31,32)22-7-8-23-21(15-22)14-18(2)28(23)25(30)19-5-6-19/h7-8,15,17-20H,3-6,9-14,16H2,1-2H3/t18-,20+/m0/s1. The van der Waals surface area contributed by atoms with E-state index in [2.05, 4.69) is 6.92 Å². The number of carbonyl (C=O) groups excluding carboxylic acids is 2. The molecule has 3 aliphatic heterocycles. The van der Waals surface area contributed by atoms with Crippen molar-refractivity contribution in [1.29, 1.82) is 0 Å². The van der Waals surface area contributed by atoms with Crippen molar-refractivity contribution in [2.75, 3.05) is 31.1 Å². The molecule has 1 aromatic carbocycles. The van der Waals surface area contributed by atoms with Crippen LogP contribution in [0.15, 0.2) is 23.1 Å². The fraction of sp³-hybridized carbons (Fsp3) is 0.680. The van der Waals surface area contributed by atoms with E-state index in [1.165, 1.54) is 4.31 Å². The lowest BCUT2D eigenvalue weighted by molar-refractivity contribution is -0.138. The summed E-state index contributed by atoms with van der Waals surface area (Å²) in [6, 6.07) is 5.23. The lowest BCUT2D eigenvalue weighted by Crippen LogP contribution is -2.48. The van der Waals surface area contributed by atoms with Gasteiger partial charge in [0.2, 0.25) is 21.8 Å². The van der Waals surface area contributed by atoms with Gasteiger partial charge in [-0.2, -0.15) is 4.31 Å². The van der Waals surface area contributed by atoms with Crippen molar-refractivity contribution >= 4 is 27.5 Å². The van der Waals surface area contributed by atoms with Crippen LogP contribution in [0.4, 0.5) is 5.69 Å². The van der Waals surface area contributed by atoms with Crippen molar-refractivity contribution in [2.45, 2.75) is 69.7 Å². The molecule has 7 nitrogen and oxygen atoms in total. The topological polar surface area (TPSA) is 78.0 Å². The van der Waals surface area contributed by atoms with E-state index in [0.29, 0.717) is 25.3 Å². The number of carbonyl (C=O) groups is 2. The van der Waals surface area contributed by atoms with Crippen LogP contribution in [0.5, 0.6) is 0 Å². The van der Waals surface area contributed by atoms with Gasteiger partial charge in [-0.05, 0) is 81.5 Å². The molecule has 1 saturated carbocycles. The van der Waals surface area contributed by atoms with Gasteiger partial charge < -0.3 is 9.80 Å². The second-order valence-corrected chi connectivity index (χ2v) is 12.5. The minimum atomic E-state index is -3.69. The summed E-state index contributed by atoms with van der Waals surface area (Å²) in [5.41, 5.74) is 1.77. The monoisotopic (exact) mass is 473 g/mol. The van der Waals surface area contributed by atoms with E-state index in [1.807, 2.05) is 16.7 Å². The minimum Gasteiger partial charge on any atom is -0.342 e. The molecule has 0 spiro atoms. The number of anilines is 1. The average Bonchev–Trinajstić information content (AvgIpc) is 3.60. The van der Waals surface area contributed by atoms with Gasteiger partial charge in [0.25, 0.3) is 0 Å². The molecular weight excluding hydrogens is 438 g/mol. The molecule has 0 N–H and O–H groups in total. The Labute approximate surface area is 197 Å². The maximum atomic E-state index is 13.5. The van der Waals surface area contributed by atoms with Crippen LogP contribution >= 0.6 is 0 Å². The summed E-state index contributed by atoms with van der Waals surface area (Å²) in [7, 11) is -3.69. The number of fused-ring (bicyclic) bond motifs is 1. The van der Waals surface area contributed by atoms with Crippen LogP contribution < -0.4 is 4.90 Å². The zero-order valence-corrected chi connectivity index (χ0v) is 20.5. The van der Waals surface area contributed by atoms with Crippen molar-refractivity contribution in [2.24, 2.45) is 17.8 Å². The molecule has 1 aliphatic carbocycles. The Balaban J connectivity index is 1.32. The minimum absolute atomic E-state index is 0.0512. The molecule has 4 aliphatic rings. The molecule has 0 unspecified atom stereocenters. The molecule has 0 bridgehead atoms. The molecule has 1 aromatic rings. The number of nitrogens with zero attached hydrogens (tertiary/aromatic N) is 3. The molecule has 8 heteroatoms. The van der Waals surface area contributed by atoms with Crippen molar-refractivity contribution < 1.29 is 18.0 Å². The van der Waals surface area contributed by atoms with Gasteiger partial charge in [-0.15, -0.1) is 0 Å². The smallest absolute Gasteiger partial charge is 0.243 e. The highest BCUT2D eigenvalue weighted by Gasteiger charge is 2.41. The Morgan fingerprint density at radius 1 is 0.909 bits per heavy atom. The summed E-state index contributed by atoms with van der Waals surface area (Å²) in [6.45, 7) is 6.51. The summed E-state index contributed by atoms with van der Waals surface area (Å²) in [5.74, 6) is 0.797. The SMILES string of the molecule is CC1CCN(C(=O)[C@@H]2CCCN(S(=O)(=O)c3ccc4c(c3)C[C@H](C)N4C(=O)C3CC3)C2)CC1. The fourth-order valence-corrected chi connectivity index (χ4v) is 7.20. The third kappa shape index (κ3) is 4.32. The summed E-state index contributed by atoms with van der Waals surface area (Å²) in [5, 5.41) is 0. The Morgan fingerprint density at radius 3 is 2.33 bits per heavy atom. The zero-order valence-electron chi connectivity index (χ0n) is 19.7. The lowest BCUT2D eigenvalue weighted by atomic mass is 9.94. The third-order valence-corrected chi connectivity index (χ3v) is 9.76. The van der Waals surface area contributed by atoms with Crippen molar-refractivity contribution in [3.63, 3.8) is 0 Å². The van der Waals surface area contributed by atoms with Crippen LogP contribution in [-0.2, 0) is 26.0 Å². The first kappa shape index (κ1) is 22.8. The Bertz CT molecular complexity index is 1040. The van der Waals surface area contributed by atoms with Gasteiger partial charge in [-0.3, -0.25) is 9.59 Å². The summed E-state index contributed by atoms with van der Waals surface area (Å²) < 4.78 is 28.5. The fourth-order valence-electron chi connectivity index (χ4n) is 5.63. The van der Waals surface area contributed by atoms with Crippen molar-refractivity contribution in [3.8, 4) is 0 Å². The van der Waals surface area contributed by atoms with E-state index in [1.54, 1.807) is 18.2 Å². The van der Waals surface area contributed by atoms with Gasteiger partial charge in [-0.25, -0.2) is 8.42 Å². The van der Waals surface area contributed by atoms with Crippen molar-refractivity contribution in [3.05, 3.63) is 23.8 Å². The van der Waals surface area contributed by atoms with Crippen LogP contribution in [-0.4, -0.2) is 61.7 Å². The first-order valence-corrected chi connectivity index (χ1v) is 13.9. The van der Waals surface area contributed by atoms with Gasteiger partial charge in [0, 0.05) is 43.8 Å². The molecule has 33 heavy (non-hydrogen) atoms. The number of hydrogen-bond acceptors (Lipinski definition) is 4. The number of rotatable bonds is 4. The summed E-state index contributed by atoms with van der Waals surface area (Å²) in [4.78, 5) is 29.9. The second kappa shape index (κ2) is 8.69. The average molecular weight is 474 g/mol. The molecule has 5 rings (SSSR count). The van der Waals surface area contributed by atoms with E-state index < -0.39 is 10.0 Å². The van der Waals surface area contributed by atoms with Gasteiger partial charge in [0.1, 0.15) is 0 Å². The van der Waals surface area contributed by atoms with E-state index in [9.17, 15) is 18.0 Å². The highest BCUT2D eigenvalue weighted by atomic mass is 32.2. The zero-order chi connectivity index (χ0) is 23.3. The van der Waals surface area contributed by atoms with Crippen LogP contribution in [0.2, 0.25) is 0 Å². The predicted octanol–water partition coefficient (Wildman–Crippen LogP) is 3.03. The second-order valence-electron chi connectivity index (χ2n) is 10.5. The predicted molar refractivity (Wildman–Crippen MR) is 126 cm³/mol. The molecular formula is C25H35N3O4S. The molecule has 0 aromatic heterocycles. The number of sulfonamides is 1. The highest BCUT2D eigenvalue weighted by molar-refractivity contribution is 7.89. The first-order valence-electron chi connectivity index (χ1n) is 12.5. The van der Waals surface area contributed by atoms with Gasteiger partial charge in [-0.1, -0.05) is 6.92 Å². The van der Waals surface area contributed by atoms with E-state index in [0.717, 1.165) is 56.4 Å². The van der Waals surface area contributed by atoms with E-state index in [-0.39, 0.29) is 41.1 Å². The van der Waals surface area contributed by atoms with E-state index in [4.69, 9.17) is 0 Å². The van der Waals surface area contributed by atoms with Crippen LogP contribution in [0.25, 0.3) is 0 Å². The van der Waals surface area contributed by atoms with Gasteiger partial charge in [0.05, 0.1) is 10.8 Å². The number of likely N-dealkylation sites (tertiary alicyclic amines) is 1. The number of amides is 2. The number of piperidine rings is 2. The summed E-state index contributed by atoms with van der Waals surface area (Å²) >= 11 is 0. The molecule has 2 saturated heterocycles. The van der Waals surface area contributed by atoms with Crippen LogP contribution in [0, 0.1) is 17.8 Å². The third-order valence-electron chi connectivity index (χ3n) is 7.90. The quantitative estimate of drug-likeness (QED) is 0.673. The van der Waals surface area contributed by atoms with Crippen LogP contribution in [0.1, 0.15) is 57.9 Å². The first-order chi connectivity index (χ1) is 15.8. The molecule has 0 radical (unpaired) electrons. The van der Waals surface area contributed by atoms with Crippen molar-refractivity contribution in [1.82, 2.24) is 9.21 Å². The molecule has 3 heterocycles. The number of hydrogen-bond donors (Lipinski definition) is 0. The maximum absolute atomic E-state index is 13.5. The lowest BCUT2D eigenvalue weighted by Gasteiger charge is -2.37.